The average Bonchev–Trinajstić information content (AvgIpc) is 2.87. The monoisotopic (exact) mass is 262 g/mol. The van der Waals surface area contributed by atoms with Crippen molar-refractivity contribution in [2.45, 2.75) is 0 Å². The van der Waals surface area contributed by atoms with Gasteiger partial charge in [-0.05, 0) is 26.2 Å². The molecule has 0 unspecified atom stereocenters. The molecule has 0 aliphatic heterocycles. The zero-order valence-corrected chi connectivity index (χ0v) is 11.4. The molecule has 0 fully saturated rings. The summed E-state index contributed by atoms with van der Waals surface area (Å²) in [6.07, 6.45) is 0. The molecule has 2 aromatic rings. The first-order valence-electron chi connectivity index (χ1n) is 6.06. The van der Waals surface area contributed by atoms with Gasteiger partial charge in [-0.25, -0.2) is 0 Å². The smallest absolute Gasteiger partial charge is 0.321 e. The van der Waals surface area contributed by atoms with Crippen LogP contribution in [0, 0.1) is 0 Å². The number of nitrogens with zero attached hydrogens (tertiary/aromatic N) is 3. The van der Waals surface area contributed by atoms with Crippen molar-refractivity contribution in [1.82, 2.24) is 15.0 Å². The molecule has 0 spiro atoms. The van der Waals surface area contributed by atoms with Crippen LogP contribution >= 0.6 is 0 Å². The molecule has 1 heterocycles. The highest BCUT2D eigenvalue weighted by molar-refractivity contribution is 5.57. The van der Waals surface area contributed by atoms with Crippen molar-refractivity contribution >= 4 is 6.01 Å². The molecular weight excluding hydrogens is 244 g/mol. The summed E-state index contributed by atoms with van der Waals surface area (Å²) in [5, 5.41) is 7.02. The number of ether oxygens (including phenoxy) is 1. The lowest BCUT2D eigenvalue weighted by atomic mass is 10.2. The lowest BCUT2D eigenvalue weighted by Gasteiger charge is -2.08. The summed E-state index contributed by atoms with van der Waals surface area (Å²) < 4.78 is 10.3. The first kappa shape index (κ1) is 13.4. The Morgan fingerprint density at radius 2 is 2.21 bits per heavy atom. The molecule has 1 aromatic carbocycles. The quantitative estimate of drug-likeness (QED) is 0.855. The van der Waals surface area contributed by atoms with Crippen molar-refractivity contribution in [3.63, 3.8) is 0 Å². The molecule has 0 atom stereocenters. The third kappa shape index (κ3) is 3.69. The van der Waals surface area contributed by atoms with Crippen molar-refractivity contribution in [3.05, 3.63) is 24.3 Å². The Labute approximate surface area is 112 Å². The van der Waals surface area contributed by atoms with E-state index in [-0.39, 0.29) is 0 Å². The molecule has 0 saturated heterocycles. The highest BCUT2D eigenvalue weighted by Crippen LogP contribution is 2.22. The fourth-order valence-corrected chi connectivity index (χ4v) is 1.56. The van der Waals surface area contributed by atoms with Crippen LogP contribution in [0.1, 0.15) is 0 Å². The summed E-state index contributed by atoms with van der Waals surface area (Å²) in [7, 11) is 5.65. The van der Waals surface area contributed by atoms with Gasteiger partial charge in [-0.2, -0.15) is 4.98 Å². The van der Waals surface area contributed by atoms with Crippen molar-refractivity contribution in [2.75, 3.05) is 39.6 Å². The van der Waals surface area contributed by atoms with E-state index in [1.54, 1.807) is 7.11 Å². The summed E-state index contributed by atoms with van der Waals surface area (Å²) in [5.74, 6) is 1.32. The normalized spacial score (nSPS) is 10.7. The Morgan fingerprint density at radius 1 is 1.37 bits per heavy atom. The van der Waals surface area contributed by atoms with E-state index >= 15 is 0 Å². The second-order valence-electron chi connectivity index (χ2n) is 4.39. The van der Waals surface area contributed by atoms with Gasteiger partial charge in [0.05, 0.1) is 7.11 Å². The second-order valence-corrected chi connectivity index (χ2v) is 4.39. The van der Waals surface area contributed by atoms with Gasteiger partial charge >= 0.3 is 6.01 Å². The number of likely N-dealkylation sites (N-methyl/N-ethyl adjacent to an activating group) is 1. The highest BCUT2D eigenvalue weighted by atomic mass is 16.5. The van der Waals surface area contributed by atoms with E-state index in [0.717, 1.165) is 24.4 Å². The summed E-state index contributed by atoms with van der Waals surface area (Å²) in [5.41, 5.74) is 0.865. The largest absolute Gasteiger partial charge is 0.497 e. The van der Waals surface area contributed by atoms with E-state index in [9.17, 15) is 0 Å². The zero-order valence-electron chi connectivity index (χ0n) is 11.4. The third-order valence-corrected chi connectivity index (χ3v) is 2.59. The van der Waals surface area contributed by atoms with Gasteiger partial charge in [0, 0.05) is 18.7 Å². The Balaban J connectivity index is 2.03. The lowest BCUT2D eigenvalue weighted by Crippen LogP contribution is -2.20. The van der Waals surface area contributed by atoms with Gasteiger partial charge < -0.3 is 19.5 Å². The van der Waals surface area contributed by atoms with E-state index < -0.39 is 0 Å². The summed E-state index contributed by atoms with van der Waals surface area (Å²) in [6, 6.07) is 7.98. The van der Waals surface area contributed by atoms with Crippen molar-refractivity contribution in [3.8, 4) is 17.1 Å². The van der Waals surface area contributed by atoms with Gasteiger partial charge in [-0.15, -0.1) is 0 Å². The van der Waals surface area contributed by atoms with Crippen LogP contribution in [0.5, 0.6) is 5.75 Å². The number of benzene rings is 1. The van der Waals surface area contributed by atoms with Crippen molar-refractivity contribution in [1.29, 1.82) is 0 Å². The minimum absolute atomic E-state index is 0.430. The molecule has 0 radical (unpaired) electrons. The first-order chi connectivity index (χ1) is 9.19. The molecule has 1 N–H and O–H groups in total. The summed E-state index contributed by atoms with van der Waals surface area (Å²) >= 11 is 0. The van der Waals surface area contributed by atoms with E-state index in [2.05, 4.69) is 20.4 Å². The van der Waals surface area contributed by atoms with E-state index in [0.29, 0.717) is 11.8 Å². The topological polar surface area (TPSA) is 63.4 Å². The number of anilines is 1. The van der Waals surface area contributed by atoms with Gasteiger partial charge in [0.15, 0.2) is 0 Å². The molecule has 0 amide bonds. The molecule has 6 nitrogen and oxygen atoms in total. The molecule has 0 aliphatic rings. The second kappa shape index (κ2) is 6.19. The van der Waals surface area contributed by atoms with Crippen LogP contribution < -0.4 is 10.1 Å². The van der Waals surface area contributed by atoms with Crippen molar-refractivity contribution in [2.24, 2.45) is 0 Å². The van der Waals surface area contributed by atoms with Crippen LogP contribution in [-0.4, -0.2) is 49.3 Å². The molecule has 0 saturated carbocycles. The van der Waals surface area contributed by atoms with Gasteiger partial charge in [0.25, 0.3) is 0 Å². The highest BCUT2D eigenvalue weighted by Gasteiger charge is 2.08. The standard InChI is InChI=1S/C13H18N4O2/c1-17(2)8-7-14-13-15-12(16-19-13)10-5-4-6-11(9-10)18-3/h4-6,9H,7-8H2,1-3H3,(H,14,15,16). The van der Waals surface area contributed by atoms with Crippen LogP contribution in [-0.2, 0) is 0 Å². The van der Waals surface area contributed by atoms with Crippen LogP contribution in [0.15, 0.2) is 28.8 Å². The zero-order chi connectivity index (χ0) is 13.7. The number of methoxy groups -OCH3 is 1. The van der Waals surface area contributed by atoms with Crippen LogP contribution in [0.3, 0.4) is 0 Å². The van der Waals surface area contributed by atoms with E-state index in [1.807, 2.05) is 38.4 Å². The predicted molar refractivity (Wildman–Crippen MR) is 73.3 cm³/mol. The summed E-state index contributed by atoms with van der Waals surface area (Å²) in [6.45, 7) is 1.66. The van der Waals surface area contributed by atoms with Gasteiger partial charge in [0.1, 0.15) is 5.75 Å². The Hall–Kier alpha value is -2.08. The molecule has 0 aliphatic carbocycles. The lowest BCUT2D eigenvalue weighted by molar-refractivity contribution is 0.409. The molecule has 0 bridgehead atoms. The fourth-order valence-electron chi connectivity index (χ4n) is 1.56. The predicted octanol–water partition coefficient (Wildman–Crippen LogP) is 1.72. The third-order valence-electron chi connectivity index (χ3n) is 2.59. The summed E-state index contributed by atoms with van der Waals surface area (Å²) in [4.78, 5) is 6.37. The Morgan fingerprint density at radius 3 is 2.95 bits per heavy atom. The SMILES string of the molecule is COc1cccc(-c2noc(NCCN(C)C)n2)c1. The number of hydrogen-bond acceptors (Lipinski definition) is 6. The number of rotatable bonds is 6. The Kier molecular flexibility index (Phi) is 4.35. The van der Waals surface area contributed by atoms with Crippen LogP contribution in [0.2, 0.25) is 0 Å². The number of nitrogens with one attached hydrogen (secondary N) is 1. The molecule has 102 valence electrons. The van der Waals surface area contributed by atoms with Gasteiger partial charge in [-0.3, -0.25) is 0 Å². The number of aromatic nitrogens is 2. The average molecular weight is 262 g/mol. The van der Waals surface area contributed by atoms with Crippen LogP contribution in [0.25, 0.3) is 11.4 Å². The minimum atomic E-state index is 0.430. The maximum absolute atomic E-state index is 5.17. The molecule has 2 rings (SSSR count). The maximum atomic E-state index is 5.17. The molecule has 1 aromatic heterocycles. The maximum Gasteiger partial charge on any atom is 0.321 e. The molecule has 19 heavy (non-hydrogen) atoms. The van der Waals surface area contributed by atoms with Crippen LogP contribution in [0.4, 0.5) is 6.01 Å². The molecule has 6 heteroatoms. The minimum Gasteiger partial charge on any atom is -0.497 e. The van der Waals surface area contributed by atoms with Crippen molar-refractivity contribution < 1.29 is 9.26 Å². The fraction of sp³-hybridized carbons (Fsp3) is 0.385. The first-order valence-corrected chi connectivity index (χ1v) is 6.06. The van der Waals surface area contributed by atoms with E-state index in [1.165, 1.54) is 0 Å². The molecular formula is C13H18N4O2. The van der Waals surface area contributed by atoms with Gasteiger partial charge in [-0.1, -0.05) is 17.3 Å². The van der Waals surface area contributed by atoms with E-state index in [4.69, 9.17) is 9.26 Å². The Bertz CT molecular complexity index is 525. The number of hydrogen-bond donors (Lipinski definition) is 1. The van der Waals surface area contributed by atoms with Gasteiger partial charge in [0.2, 0.25) is 5.82 Å².